The van der Waals surface area contributed by atoms with Gasteiger partial charge in [0, 0.05) is 12.6 Å². The van der Waals surface area contributed by atoms with E-state index in [0.29, 0.717) is 19.1 Å². The lowest BCUT2D eigenvalue weighted by molar-refractivity contribution is -0.143. The van der Waals surface area contributed by atoms with Gasteiger partial charge in [-0.15, -0.1) is 0 Å². The maximum Gasteiger partial charge on any atom is 0.307 e. The Balaban J connectivity index is 1.59. The molecule has 1 aromatic rings. The zero-order valence-corrected chi connectivity index (χ0v) is 12.8. The molecule has 2 unspecified atom stereocenters. The molecule has 1 fully saturated rings. The first-order chi connectivity index (χ1) is 10.3. The van der Waals surface area contributed by atoms with E-state index in [1.54, 1.807) is 0 Å². The normalized spacial score (nSPS) is 27.0. The van der Waals surface area contributed by atoms with Crippen molar-refractivity contribution in [1.29, 1.82) is 0 Å². The first-order valence-electron chi connectivity index (χ1n) is 8.23. The molecular formula is C18H25NO2. The van der Waals surface area contributed by atoms with Gasteiger partial charge in [0.1, 0.15) is 0 Å². The number of carbonyl (C=O) groups is 1. The lowest BCUT2D eigenvalue weighted by Crippen LogP contribution is -2.39. The molecule has 114 valence electrons. The van der Waals surface area contributed by atoms with Gasteiger partial charge in [0.05, 0.1) is 13.0 Å². The van der Waals surface area contributed by atoms with Crippen molar-refractivity contribution in [3.8, 4) is 0 Å². The predicted octanol–water partition coefficient (Wildman–Crippen LogP) is 2.72. The van der Waals surface area contributed by atoms with Gasteiger partial charge >= 0.3 is 5.97 Å². The topological polar surface area (TPSA) is 38.3 Å². The maximum absolute atomic E-state index is 11.4. The molecule has 2 atom stereocenters. The average molecular weight is 287 g/mol. The summed E-state index contributed by atoms with van der Waals surface area (Å²) in [6, 6.07) is 9.44. The van der Waals surface area contributed by atoms with Gasteiger partial charge in [0.25, 0.3) is 0 Å². The van der Waals surface area contributed by atoms with Gasteiger partial charge in [-0.1, -0.05) is 24.3 Å². The van der Waals surface area contributed by atoms with Crippen molar-refractivity contribution in [3.63, 3.8) is 0 Å². The van der Waals surface area contributed by atoms with E-state index in [2.05, 4.69) is 29.6 Å². The van der Waals surface area contributed by atoms with Crippen molar-refractivity contribution < 1.29 is 9.53 Å². The van der Waals surface area contributed by atoms with Crippen LogP contribution in [0, 0.1) is 11.8 Å². The van der Waals surface area contributed by atoms with Crippen LogP contribution >= 0.6 is 0 Å². The minimum Gasteiger partial charge on any atom is -0.466 e. The van der Waals surface area contributed by atoms with E-state index in [9.17, 15) is 4.79 Å². The Hall–Kier alpha value is -1.35. The summed E-state index contributed by atoms with van der Waals surface area (Å²) in [5.74, 6) is 1.36. The Kier molecular flexibility index (Phi) is 4.59. The Bertz CT molecular complexity index is 467. The summed E-state index contributed by atoms with van der Waals surface area (Å²) in [5.41, 5.74) is 3.06. The number of nitrogens with one attached hydrogen (secondary N) is 1. The van der Waals surface area contributed by atoms with E-state index in [1.807, 2.05) is 6.92 Å². The van der Waals surface area contributed by atoms with Gasteiger partial charge in [-0.3, -0.25) is 4.79 Å². The van der Waals surface area contributed by atoms with Crippen LogP contribution in [-0.4, -0.2) is 25.2 Å². The molecule has 0 aromatic heterocycles. The summed E-state index contributed by atoms with van der Waals surface area (Å²) in [6.45, 7) is 3.07. The van der Waals surface area contributed by atoms with Crippen LogP contribution in [0.1, 0.15) is 37.3 Å². The smallest absolute Gasteiger partial charge is 0.307 e. The summed E-state index contributed by atoms with van der Waals surface area (Å²) < 4.78 is 5.00. The van der Waals surface area contributed by atoms with E-state index in [-0.39, 0.29) is 5.97 Å². The molecule has 0 spiro atoms. The van der Waals surface area contributed by atoms with E-state index in [1.165, 1.54) is 36.8 Å². The van der Waals surface area contributed by atoms with Gasteiger partial charge in [0.15, 0.2) is 0 Å². The number of fused-ring (bicyclic) bond motifs is 3. The standard InChI is InChI=1S/C18H25NO2/c1-2-21-17(20)9-10-19-18-15-7-8-16(18)12-14-6-4-3-5-13(14)11-15/h3-6,15-16,18-19H,2,7-12H2,1H3. The summed E-state index contributed by atoms with van der Waals surface area (Å²) >= 11 is 0. The highest BCUT2D eigenvalue weighted by Crippen LogP contribution is 2.39. The number of carbonyl (C=O) groups excluding carboxylic acids is 1. The Morgan fingerprint density at radius 1 is 1.19 bits per heavy atom. The second-order valence-corrected chi connectivity index (χ2v) is 6.31. The summed E-state index contributed by atoms with van der Waals surface area (Å²) in [7, 11) is 0. The fraction of sp³-hybridized carbons (Fsp3) is 0.611. The molecule has 1 N–H and O–H groups in total. The van der Waals surface area contributed by atoms with E-state index >= 15 is 0 Å². The largest absolute Gasteiger partial charge is 0.466 e. The van der Waals surface area contributed by atoms with Crippen LogP contribution in [0.25, 0.3) is 0 Å². The highest BCUT2D eigenvalue weighted by molar-refractivity contribution is 5.69. The van der Waals surface area contributed by atoms with Crippen molar-refractivity contribution in [3.05, 3.63) is 35.4 Å². The van der Waals surface area contributed by atoms with Crippen LogP contribution in [0.2, 0.25) is 0 Å². The molecule has 3 nitrogen and oxygen atoms in total. The van der Waals surface area contributed by atoms with E-state index in [4.69, 9.17) is 4.74 Å². The third-order valence-corrected chi connectivity index (χ3v) is 5.02. The Morgan fingerprint density at radius 2 is 1.81 bits per heavy atom. The van der Waals surface area contributed by atoms with E-state index < -0.39 is 0 Å². The van der Waals surface area contributed by atoms with Gasteiger partial charge < -0.3 is 10.1 Å². The van der Waals surface area contributed by atoms with Crippen molar-refractivity contribution in [2.45, 2.75) is 45.1 Å². The summed E-state index contributed by atoms with van der Waals surface area (Å²) in [4.78, 5) is 11.4. The molecule has 0 aliphatic heterocycles. The quantitative estimate of drug-likeness (QED) is 0.846. The molecule has 1 aromatic carbocycles. The molecule has 2 bridgehead atoms. The fourth-order valence-corrected chi connectivity index (χ4v) is 4.06. The van der Waals surface area contributed by atoms with Gasteiger partial charge in [-0.05, 0) is 55.6 Å². The minimum absolute atomic E-state index is 0.0887. The molecule has 0 amide bonds. The third kappa shape index (κ3) is 3.29. The van der Waals surface area contributed by atoms with Crippen LogP contribution in [0.4, 0.5) is 0 Å². The van der Waals surface area contributed by atoms with Crippen LogP contribution < -0.4 is 5.32 Å². The number of benzene rings is 1. The molecule has 21 heavy (non-hydrogen) atoms. The zero-order valence-electron chi connectivity index (χ0n) is 12.8. The third-order valence-electron chi connectivity index (χ3n) is 5.02. The maximum atomic E-state index is 11.4. The van der Waals surface area contributed by atoms with Crippen LogP contribution in [0.3, 0.4) is 0 Å². The molecular weight excluding hydrogens is 262 g/mol. The molecule has 2 aliphatic rings. The molecule has 0 radical (unpaired) electrons. The SMILES string of the molecule is CCOC(=O)CCNC1C2CCC1Cc1ccccc1C2. The van der Waals surface area contributed by atoms with Gasteiger partial charge in [0.2, 0.25) is 0 Å². The summed E-state index contributed by atoms with van der Waals surface area (Å²) in [6.07, 6.45) is 5.48. The molecule has 0 saturated heterocycles. The molecule has 0 heterocycles. The lowest BCUT2D eigenvalue weighted by Gasteiger charge is -2.23. The lowest BCUT2D eigenvalue weighted by atomic mass is 9.94. The number of rotatable bonds is 5. The summed E-state index contributed by atoms with van der Waals surface area (Å²) in [5, 5.41) is 3.65. The Morgan fingerprint density at radius 3 is 2.38 bits per heavy atom. The monoisotopic (exact) mass is 287 g/mol. The van der Waals surface area contributed by atoms with E-state index in [0.717, 1.165) is 18.4 Å². The first-order valence-corrected chi connectivity index (χ1v) is 8.23. The fourth-order valence-electron chi connectivity index (χ4n) is 4.06. The van der Waals surface area contributed by atoms with Gasteiger partial charge in [-0.2, -0.15) is 0 Å². The predicted molar refractivity (Wildman–Crippen MR) is 83.1 cm³/mol. The van der Waals surface area contributed by atoms with Crippen molar-refractivity contribution in [2.24, 2.45) is 11.8 Å². The van der Waals surface area contributed by atoms with Crippen molar-refractivity contribution in [1.82, 2.24) is 5.32 Å². The van der Waals surface area contributed by atoms with Crippen molar-refractivity contribution in [2.75, 3.05) is 13.2 Å². The molecule has 3 heteroatoms. The second kappa shape index (κ2) is 6.61. The highest BCUT2D eigenvalue weighted by atomic mass is 16.5. The van der Waals surface area contributed by atoms with Crippen LogP contribution in [0.15, 0.2) is 24.3 Å². The first kappa shape index (κ1) is 14.6. The van der Waals surface area contributed by atoms with Crippen molar-refractivity contribution >= 4 is 5.97 Å². The van der Waals surface area contributed by atoms with Crippen LogP contribution in [-0.2, 0) is 22.4 Å². The average Bonchev–Trinajstić information content (AvgIpc) is 2.75. The zero-order chi connectivity index (χ0) is 14.7. The number of hydrogen-bond acceptors (Lipinski definition) is 3. The second-order valence-electron chi connectivity index (χ2n) is 6.31. The molecule has 1 saturated carbocycles. The number of ether oxygens (including phenoxy) is 1. The van der Waals surface area contributed by atoms with Gasteiger partial charge in [-0.25, -0.2) is 0 Å². The number of esters is 1. The molecule has 3 rings (SSSR count). The number of hydrogen-bond donors (Lipinski definition) is 1. The minimum atomic E-state index is -0.0887. The Labute approximate surface area is 127 Å². The highest BCUT2D eigenvalue weighted by Gasteiger charge is 2.38. The van der Waals surface area contributed by atoms with Crippen LogP contribution in [0.5, 0.6) is 0 Å². The molecule has 2 aliphatic carbocycles.